The van der Waals surface area contributed by atoms with Crippen LogP contribution in [0.15, 0.2) is 41.3 Å². The van der Waals surface area contributed by atoms with Crippen LogP contribution in [0.3, 0.4) is 0 Å². The topological polar surface area (TPSA) is 45.8 Å². The van der Waals surface area contributed by atoms with Gasteiger partial charge in [-0.2, -0.15) is 5.26 Å². The Kier molecular flexibility index (Phi) is 3.29. The summed E-state index contributed by atoms with van der Waals surface area (Å²) in [5.41, 5.74) is 3.69. The van der Waals surface area contributed by atoms with Crippen molar-refractivity contribution in [2.45, 2.75) is 20.4 Å². The fourth-order valence-electron chi connectivity index (χ4n) is 1.86. The summed E-state index contributed by atoms with van der Waals surface area (Å²) in [7, 11) is 0. The summed E-state index contributed by atoms with van der Waals surface area (Å²) in [6.45, 7) is 4.39. The van der Waals surface area contributed by atoms with Crippen molar-refractivity contribution in [3.8, 4) is 6.07 Å². The molecule has 0 radical (unpaired) electrons. The first-order valence-electron chi connectivity index (χ1n) is 5.77. The molecule has 0 saturated carbocycles. The zero-order valence-electron chi connectivity index (χ0n) is 10.5. The number of pyridine rings is 1. The minimum atomic E-state index is -0.00115. The largest absolute Gasteiger partial charge is 0.311 e. The average Bonchev–Trinajstić information content (AvgIpc) is 2.34. The van der Waals surface area contributed by atoms with Crippen LogP contribution in [0.4, 0.5) is 0 Å². The van der Waals surface area contributed by atoms with Gasteiger partial charge in [0.1, 0.15) is 0 Å². The molecule has 0 bridgehead atoms. The van der Waals surface area contributed by atoms with Crippen LogP contribution in [-0.4, -0.2) is 4.57 Å². The molecule has 18 heavy (non-hydrogen) atoms. The first-order chi connectivity index (χ1) is 8.60. The van der Waals surface area contributed by atoms with Crippen LogP contribution in [0, 0.1) is 25.2 Å². The molecule has 3 heteroatoms. The van der Waals surface area contributed by atoms with E-state index in [4.69, 9.17) is 5.26 Å². The maximum Gasteiger partial charge on any atom is 0.251 e. The van der Waals surface area contributed by atoms with Crippen LogP contribution in [0.25, 0.3) is 0 Å². The second kappa shape index (κ2) is 4.89. The first kappa shape index (κ1) is 12.1. The van der Waals surface area contributed by atoms with E-state index in [1.807, 2.05) is 32.0 Å². The number of nitriles is 1. The lowest BCUT2D eigenvalue weighted by Gasteiger charge is -2.09. The van der Waals surface area contributed by atoms with Crippen LogP contribution in [0.2, 0.25) is 0 Å². The number of aryl methyl sites for hydroxylation is 2. The highest BCUT2D eigenvalue weighted by atomic mass is 16.1. The van der Waals surface area contributed by atoms with E-state index in [1.165, 1.54) is 0 Å². The van der Waals surface area contributed by atoms with Gasteiger partial charge in [-0.15, -0.1) is 0 Å². The molecule has 0 N–H and O–H groups in total. The molecular weight excluding hydrogens is 224 g/mol. The Balaban J connectivity index is 2.35. The molecule has 0 spiro atoms. The van der Waals surface area contributed by atoms with Crippen molar-refractivity contribution in [2.24, 2.45) is 0 Å². The zero-order chi connectivity index (χ0) is 13.1. The molecule has 90 valence electrons. The van der Waals surface area contributed by atoms with E-state index in [0.717, 1.165) is 16.7 Å². The Hall–Kier alpha value is -2.34. The Bertz CT molecular complexity index is 678. The van der Waals surface area contributed by atoms with Gasteiger partial charge in [-0.1, -0.05) is 6.07 Å². The Morgan fingerprint density at radius 3 is 2.61 bits per heavy atom. The summed E-state index contributed by atoms with van der Waals surface area (Å²) in [6.07, 6.45) is 1.80. The van der Waals surface area contributed by atoms with Crippen LogP contribution in [-0.2, 0) is 6.54 Å². The third kappa shape index (κ3) is 2.49. The summed E-state index contributed by atoms with van der Waals surface area (Å²) in [5.74, 6) is 0. The molecule has 0 fully saturated rings. The maximum absolute atomic E-state index is 11.8. The fraction of sp³-hybridized carbons (Fsp3) is 0.200. The Morgan fingerprint density at radius 2 is 2.00 bits per heavy atom. The van der Waals surface area contributed by atoms with Crippen molar-refractivity contribution < 1.29 is 0 Å². The predicted octanol–water partition coefficient (Wildman–Crippen LogP) is 2.39. The van der Waals surface area contributed by atoms with E-state index in [-0.39, 0.29) is 5.56 Å². The van der Waals surface area contributed by atoms with E-state index >= 15 is 0 Å². The molecule has 1 heterocycles. The molecule has 3 nitrogen and oxygen atoms in total. The molecule has 2 aromatic rings. The van der Waals surface area contributed by atoms with Crippen LogP contribution in [0.5, 0.6) is 0 Å². The number of nitrogens with zero attached hydrogens (tertiary/aromatic N) is 2. The van der Waals surface area contributed by atoms with Crippen molar-refractivity contribution in [2.75, 3.05) is 0 Å². The summed E-state index contributed by atoms with van der Waals surface area (Å²) in [6, 6.07) is 11.2. The van der Waals surface area contributed by atoms with Crippen LogP contribution in [0.1, 0.15) is 22.3 Å². The van der Waals surface area contributed by atoms with E-state index in [1.54, 1.807) is 22.9 Å². The third-order valence-electron chi connectivity index (χ3n) is 2.96. The molecule has 0 aliphatic heterocycles. The van der Waals surface area contributed by atoms with Crippen molar-refractivity contribution >= 4 is 0 Å². The molecular formula is C15H14N2O. The number of benzene rings is 1. The number of hydrogen-bond donors (Lipinski definition) is 0. The van der Waals surface area contributed by atoms with Crippen molar-refractivity contribution in [1.29, 1.82) is 5.26 Å². The SMILES string of the molecule is Cc1ccn(Cc2ccc(C#N)cc2C)c(=O)c1. The highest BCUT2D eigenvalue weighted by Crippen LogP contribution is 2.11. The van der Waals surface area contributed by atoms with E-state index in [9.17, 15) is 4.79 Å². The molecule has 0 aliphatic carbocycles. The Labute approximate surface area is 106 Å². The van der Waals surface area contributed by atoms with Crippen molar-refractivity contribution in [3.63, 3.8) is 0 Å². The quantitative estimate of drug-likeness (QED) is 0.806. The molecule has 2 rings (SSSR count). The van der Waals surface area contributed by atoms with Gasteiger partial charge in [-0.25, -0.2) is 0 Å². The lowest BCUT2D eigenvalue weighted by molar-refractivity contribution is 0.753. The minimum absolute atomic E-state index is 0.00115. The summed E-state index contributed by atoms with van der Waals surface area (Å²) in [4.78, 5) is 11.8. The van der Waals surface area contributed by atoms with Gasteiger partial charge in [0.2, 0.25) is 0 Å². The molecule has 0 unspecified atom stereocenters. The summed E-state index contributed by atoms with van der Waals surface area (Å²) >= 11 is 0. The molecule has 0 atom stereocenters. The van der Waals surface area contributed by atoms with Crippen LogP contribution >= 0.6 is 0 Å². The van der Waals surface area contributed by atoms with E-state index in [2.05, 4.69) is 6.07 Å². The van der Waals surface area contributed by atoms with Gasteiger partial charge in [-0.3, -0.25) is 4.79 Å². The lowest BCUT2D eigenvalue weighted by Crippen LogP contribution is -2.19. The number of hydrogen-bond acceptors (Lipinski definition) is 2. The summed E-state index contributed by atoms with van der Waals surface area (Å²) in [5, 5.41) is 8.81. The predicted molar refractivity (Wildman–Crippen MR) is 70.4 cm³/mol. The molecule has 0 saturated heterocycles. The molecule has 0 aliphatic rings. The maximum atomic E-state index is 11.8. The van der Waals surface area contributed by atoms with Gasteiger partial charge in [0.05, 0.1) is 18.2 Å². The second-order valence-corrected chi connectivity index (χ2v) is 4.42. The van der Waals surface area contributed by atoms with Crippen molar-refractivity contribution in [3.05, 3.63) is 69.1 Å². The average molecular weight is 238 g/mol. The van der Waals surface area contributed by atoms with Crippen LogP contribution < -0.4 is 5.56 Å². The molecule has 1 aromatic carbocycles. The number of rotatable bonds is 2. The summed E-state index contributed by atoms with van der Waals surface area (Å²) < 4.78 is 1.67. The van der Waals surface area contributed by atoms with Gasteiger partial charge in [0, 0.05) is 12.3 Å². The monoisotopic (exact) mass is 238 g/mol. The minimum Gasteiger partial charge on any atom is -0.311 e. The van der Waals surface area contributed by atoms with Gasteiger partial charge >= 0.3 is 0 Å². The zero-order valence-corrected chi connectivity index (χ0v) is 10.5. The smallest absolute Gasteiger partial charge is 0.251 e. The highest BCUT2D eigenvalue weighted by Gasteiger charge is 2.02. The van der Waals surface area contributed by atoms with E-state index < -0.39 is 0 Å². The molecule has 0 amide bonds. The fourth-order valence-corrected chi connectivity index (χ4v) is 1.86. The standard InChI is InChI=1S/C15H14N2O/c1-11-5-6-17(15(18)7-11)10-14-4-3-13(9-16)8-12(14)2/h3-8H,10H2,1-2H3. The van der Waals surface area contributed by atoms with Gasteiger partial charge in [0.15, 0.2) is 0 Å². The van der Waals surface area contributed by atoms with Gasteiger partial charge in [0.25, 0.3) is 5.56 Å². The Morgan fingerprint density at radius 1 is 1.22 bits per heavy atom. The van der Waals surface area contributed by atoms with Crippen molar-refractivity contribution in [1.82, 2.24) is 4.57 Å². The van der Waals surface area contributed by atoms with E-state index in [0.29, 0.717) is 12.1 Å². The van der Waals surface area contributed by atoms with Gasteiger partial charge < -0.3 is 4.57 Å². The third-order valence-corrected chi connectivity index (χ3v) is 2.96. The number of aromatic nitrogens is 1. The lowest BCUT2D eigenvalue weighted by atomic mass is 10.1. The second-order valence-electron chi connectivity index (χ2n) is 4.42. The molecule has 1 aromatic heterocycles. The highest BCUT2D eigenvalue weighted by molar-refractivity contribution is 5.37. The van der Waals surface area contributed by atoms with Gasteiger partial charge in [-0.05, 0) is 48.7 Å². The normalized spacial score (nSPS) is 10.1. The first-order valence-corrected chi connectivity index (χ1v) is 5.77.